The Labute approximate surface area is 168 Å². The fraction of sp³-hybridized carbons (Fsp3) is 0.348. The van der Waals surface area contributed by atoms with Gasteiger partial charge in [-0.25, -0.2) is 9.37 Å². The molecule has 1 aliphatic carbocycles. The number of rotatable bonds is 5. The minimum Gasteiger partial charge on any atom is -0.354 e. The number of para-hydroxylation sites is 2. The van der Waals surface area contributed by atoms with Crippen molar-refractivity contribution < 1.29 is 9.18 Å². The summed E-state index contributed by atoms with van der Waals surface area (Å²) in [5.74, 6) is -0.469. The summed E-state index contributed by atoms with van der Waals surface area (Å²) < 4.78 is 14.8. The monoisotopic (exact) mass is 393 g/mol. The van der Waals surface area contributed by atoms with E-state index in [9.17, 15) is 14.0 Å². The third kappa shape index (κ3) is 4.06. The van der Waals surface area contributed by atoms with Crippen molar-refractivity contribution in [3.8, 4) is 0 Å². The van der Waals surface area contributed by atoms with Gasteiger partial charge in [0.2, 0.25) is 5.91 Å². The average molecular weight is 393 g/mol. The number of carbonyl (C=O) groups is 1. The zero-order chi connectivity index (χ0) is 20.3. The van der Waals surface area contributed by atoms with E-state index in [0.29, 0.717) is 17.6 Å². The molecule has 1 amide bonds. The molecule has 150 valence electrons. The van der Waals surface area contributed by atoms with Crippen LogP contribution >= 0.6 is 0 Å². The summed E-state index contributed by atoms with van der Waals surface area (Å²) in [6.07, 6.45) is 6.50. The number of nitrogens with zero attached hydrogens (tertiary/aromatic N) is 2. The van der Waals surface area contributed by atoms with Crippen LogP contribution in [0.15, 0.2) is 59.5 Å². The lowest BCUT2D eigenvalue weighted by Gasteiger charge is -2.38. The molecule has 6 heteroatoms. The molecule has 1 N–H and O–H groups in total. The predicted molar refractivity (Wildman–Crippen MR) is 110 cm³/mol. The lowest BCUT2D eigenvalue weighted by Crippen LogP contribution is -2.43. The molecule has 2 aromatic carbocycles. The summed E-state index contributed by atoms with van der Waals surface area (Å²) in [6, 6.07) is 13.9. The summed E-state index contributed by atoms with van der Waals surface area (Å²) in [7, 11) is 0. The van der Waals surface area contributed by atoms with E-state index >= 15 is 0 Å². The fourth-order valence-corrected chi connectivity index (χ4v) is 4.34. The Kier molecular flexibility index (Phi) is 5.43. The molecule has 0 aliphatic heterocycles. The molecular weight excluding hydrogens is 369 g/mol. The number of hydrogen-bond donors (Lipinski definition) is 1. The fourth-order valence-electron chi connectivity index (χ4n) is 4.34. The number of hydrogen-bond acceptors (Lipinski definition) is 3. The minimum absolute atomic E-state index is 0.0542. The summed E-state index contributed by atoms with van der Waals surface area (Å²) >= 11 is 0. The zero-order valence-corrected chi connectivity index (χ0v) is 16.2. The number of halogens is 1. The van der Waals surface area contributed by atoms with Crippen LogP contribution in [0.25, 0.3) is 11.0 Å². The molecule has 0 saturated heterocycles. The van der Waals surface area contributed by atoms with Gasteiger partial charge in [0.05, 0.1) is 17.2 Å². The molecule has 1 heterocycles. The van der Waals surface area contributed by atoms with Gasteiger partial charge in [-0.3, -0.25) is 14.2 Å². The molecule has 3 aromatic rings. The van der Waals surface area contributed by atoms with Crippen LogP contribution in [0.1, 0.15) is 37.7 Å². The second-order valence-electron chi connectivity index (χ2n) is 7.80. The second-order valence-corrected chi connectivity index (χ2v) is 7.80. The Morgan fingerprint density at radius 3 is 2.55 bits per heavy atom. The highest BCUT2D eigenvalue weighted by Crippen LogP contribution is 2.39. The van der Waals surface area contributed by atoms with E-state index in [0.717, 1.165) is 31.2 Å². The molecule has 1 fully saturated rings. The van der Waals surface area contributed by atoms with E-state index in [1.165, 1.54) is 29.3 Å². The molecule has 0 atom stereocenters. The van der Waals surface area contributed by atoms with Gasteiger partial charge in [0, 0.05) is 12.0 Å². The average Bonchev–Trinajstić information content (AvgIpc) is 2.75. The predicted octanol–water partition coefficient (Wildman–Crippen LogP) is 3.55. The highest BCUT2D eigenvalue weighted by molar-refractivity contribution is 5.80. The molecule has 0 unspecified atom stereocenters. The van der Waals surface area contributed by atoms with E-state index in [2.05, 4.69) is 10.3 Å². The molecule has 0 radical (unpaired) electrons. The van der Waals surface area contributed by atoms with E-state index in [4.69, 9.17) is 0 Å². The minimum atomic E-state index is -0.301. The first-order chi connectivity index (χ1) is 14.1. The molecule has 1 aliphatic rings. The van der Waals surface area contributed by atoms with Crippen molar-refractivity contribution >= 4 is 16.9 Å². The highest BCUT2D eigenvalue weighted by Gasteiger charge is 2.34. The third-order valence-electron chi connectivity index (χ3n) is 5.95. The number of nitrogens with one attached hydrogen (secondary N) is 1. The van der Waals surface area contributed by atoms with Crippen molar-refractivity contribution in [3.05, 3.63) is 76.5 Å². The van der Waals surface area contributed by atoms with Gasteiger partial charge in [0.1, 0.15) is 12.4 Å². The van der Waals surface area contributed by atoms with Gasteiger partial charge in [-0.1, -0.05) is 43.5 Å². The van der Waals surface area contributed by atoms with Gasteiger partial charge >= 0.3 is 0 Å². The molecule has 1 saturated carbocycles. The first-order valence-electron chi connectivity index (χ1n) is 10.0. The lowest BCUT2D eigenvalue weighted by molar-refractivity contribution is -0.122. The molecular formula is C23H24FN3O2. The summed E-state index contributed by atoms with van der Waals surface area (Å²) in [5.41, 5.74) is 1.89. The van der Waals surface area contributed by atoms with Gasteiger partial charge < -0.3 is 5.32 Å². The van der Waals surface area contributed by atoms with Crippen LogP contribution in [0.2, 0.25) is 0 Å². The lowest BCUT2D eigenvalue weighted by atomic mass is 9.69. The number of aromatic nitrogens is 2. The second kappa shape index (κ2) is 8.15. The van der Waals surface area contributed by atoms with Gasteiger partial charge in [-0.2, -0.15) is 0 Å². The van der Waals surface area contributed by atoms with Crippen molar-refractivity contribution in [1.82, 2.24) is 14.9 Å². The number of benzene rings is 2. The van der Waals surface area contributed by atoms with E-state index in [1.54, 1.807) is 6.07 Å². The van der Waals surface area contributed by atoms with Gasteiger partial charge in [0.25, 0.3) is 5.56 Å². The summed E-state index contributed by atoms with van der Waals surface area (Å²) in [4.78, 5) is 29.1. The number of amides is 1. The topological polar surface area (TPSA) is 64.0 Å². The Balaban J connectivity index is 1.53. The Bertz CT molecular complexity index is 1070. The molecule has 5 nitrogen and oxygen atoms in total. The van der Waals surface area contributed by atoms with Crippen molar-refractivity contribution in [2.45, 2.75) is 44.1 Å². The Morgan fingerprint density at radius 2 is 1.79 bits per heavy atom. The largest absolute Gasteiger partial charge is 0.354 e. The quantitative estimate of drug-likeness (QED) is 0.721. The van der Waals surface area contributed by atoms with Crippen LogP contribution in [0.4, 0.5) is 4.39 Å². The van der Waals surface area contributed by atoms with Crippen LogP contribution in [-0.4, -0.2) is 22.0 Å². The SMILES string of the molecule is O=C(Cn1c(=O)cnc2ccccc21)NCC1(c2ccc(F)cc2)CCCCC1. The van der Waals surface area contributed by atoms with Gasteiger partial charge in [-0.05, 0) is 42.7 Å². The summed E-state index contributed by atoms with van der Waals surface area (Å²) in [6.45, 7) is 0.427. The van der Waals surface area contributed by atoms with Crippen LogP contribution in [0, 0.1) is 5.82 Å². The maximum atomic E-state index is 13.4. The Hall–Kier alpha value is -3.02. The Morgan fingerprint density at radius 1 is 1.07 bits per heavy atom. The smallest absolute Gasteiger partial charge is 0.269 e. The van der Waals surface area contributed by atoms with E-state index in [-0.39, 0.29) is 29.2 Å². The van der Waals surface area contributed by atoms with Gasteiger partial charge in [-0.15, -0.1) is 0 Å². The van der Waals surface area contributed by atoms with Crippen molar-refractivity contribution in [1.29, 1.82) is 0 Å². The summed E-state index contributed by atoms with van der Waals surface area (Å²) in [5, 5.41) is 3.03. The van der Waals surface area contributed by atoms with Crippen molar-refractivity contribution in [2.75, 3.05) is 6.54 Å². The molecule has 0 spiro atoms. The highest BCUT2D eigenvalue weighted by atomic mass is 19.1. The third-order valence-corrected chi connectivity index (χ3v) is 5.95. The maximum Gasteiger partial charge on any atom is 0.269 e. The van der Waals surface area contributed by atoms with Crippen molar-refractivity contribution in [2.24, 2.45) is 0 Å². The molecule has 29 heavy (non-hydrogen) atoms. The van der Waals surface area contributed by atoms with Crippen LogP contribution in [-0.2, 0) is 16.8 Å². The van der Waals surface area contributed by atoms with Crippen LogP contribution in [0.3, 0.4) is 0 Å². The maximum absolute atomic E-state index is 13.4. The number of carbonyl (C=O) groups excluding carboxylic acids is 1. The van der Waals surface area contributed by atoms with Crippen molar-refractivity contribution in [3.63, 3.8) is 0 Å². The molecule has 0 bridgehead atoms. The zero-order valence-electron chi connectivity index (χ0n) is 16.2. The van der Waals surface area contributed by atoms with Crippen LogP contribution in [0.5, 0.6) is 0 Å². The molecule has 1 aromatic heterocycles. The number of fused-ring (bicyclic) bond motifs is 1. The first-order valence-corrected chi connectivity index (χ1v) is 10.0. The van der Waals surface area contributed by atoms with Gasteiger partial charge in [0.15, 0.2) is 0 Å². The molecule has 4 rings (SSSR count). The normalized spacial score (nSPS) is 15.9. The standard InChI is InChI=1S/C23H24FN3O2/c24-18-10-8-17(9-11-18)23(12-4-1-5-13-23)16-26-21(28)15-27-20-7-3-2-6-19(20)25-14-22(27)29/h2-3,6-11,14H,1,4-5,12-13,15-16H2,(H,26,28). The first kappa shape index (κ1) is 19.3. The van der Waals surface area contributed by atoms with Crippen LogP contribution < -0.4 is 10.9 Å². The van der Waals surface area contributed by atoms with E-state index < -0.39 is 0 Å². The van der Waals surface area contributed by atoms with E-state index in [1.807, 2.05) is 30.3 Å².